The molecule has 1 aliphatic rings. The summed E-state index contributed by atoms with van der Waals surface area (Å²) in [6, 6.07) is 5.54. The van der Waals surface area contributed by atoms with Gasteiger partial charge in [-0.3, -0.25) is 9.69 Å². The highest BCUT2D eigenvalue weighted by Crippen LogP contribution is 2.39. The lowest BCUT2D eigenvalue weighted by Crippen LogP contribution is -2.39. The summed E-state index contributed by atoms with van der Waals surface area (Å²) >= 11 is 0. The fraction of sp³-hybridized carbons (Fsp3) is 0.562. The Bertz CT molecular complexity index is 512. The van der Waals surface area contributed by atoms with Gasteiger partial charge in [-0.25, -0.2) is 0 Å². The van der Waals surface area contributed by atoms with Gasteiger partial charge in [-0.05, 0) is 31.9 Å². The minimum absolute atomic E-state index is 0.108. The van der Waals surface area contributed by atoms with Gasteiger partial charge in [0.2, 0.25) is 0 Å². The molecular weight excluding hydrogens is 254 g/mol. The van der Waals surface area contributed by atoms with Crippen LogP contribution in [-0.4, -0.2) is 34.2 Å². The van der Waals surface area contributed by atoms with Crippen molar-refractivity contribution >= 4 is 5.97 Å². The van der Waals surface area contributed by atoms with Gasteiger partial charge < -0.3 is 10.2 Å². The second kappa shape index (κ2) is 5.44. The molecule has 0 aromatic heterocycles. The smallest absolute Gasteiger partial charge is 0.311 e. The molecule has 0 bridgehead atoms. The summed E-state index contributed by atoms with van der Waals surface area (Å²) in [5.41, 5.74) is 1.32. The highest BCUT2D eigenvalue weighted by atomic mass is 16.4. The Morgan fingerprint density at radius 1 is 1.45 bits per heavy atom. The van der Waals surface area contributed by atoms with Crippen molar-refractivity contribution in [2.45, 2.75) is 33.7 Å². The number of aryl methyl sites for hydroxylation is 1. The number of aliphatic carboxylic acids is 1. The van der Waals surface area contributed by atoms with Crippen LogP contribution >= 0.6 is 0 Å². The summed E-state index contributed by atoms with van der Waals surface area (Å²) in [7, 11) is 0. The van der Waals surface area contributed by atoms with Crippen LogP contribution in [0.4, 0.5) is 0 Å². The van der Waals surface area contributed by atoms with E-state index in [0.717, 1.165) is 17.7 Å². The molecule has 0 spiro atoms. The maximum absolute atomic E-state index is 11.6. The average molecular weight is 277 g/mol. The zero-order valence-electron chi connectivity index (χ0n) is 12.4. The molecule has 20 heavy (non-hydrogen) atoms. The summed E-state index contributed by atoms with van der Waals surface area (Å²) in [5, 5.41) is 19.4. The molecule has 1 aromatic carbocycles. The van der Waals surface area contributed by atoms with E-state index in [4.69, 9.17) is 0 Å². The molecule has 1 atom stereocenters. The van der Waals surface area contributed by atoms with Crippen molar-refractivity contribution in [2.75, 3.05) is 13.1 Å². The van der Waals surface area contributed by atoms with Crippen molar-refractivity contribution in [3.8, 4) is 5.75 Å². The Hall–Kier alpha value is -1.55. The van der Waals surface area contributed by atoms with Crippen LogP contribution in [0.25, 0.3) is 0 Å². The quantitative estimate of drug-likeness (QED) is 0.888. The molecule has 2 N–H and O–H groups in total. The lowest BCUT2D eigenvalue weighted by molar-refractivity contribution is -0.151. The van der Waals surface area contributed by atoms with Crippen molar-refractivity contribution in [1.82, 2.24) is 4.90 Å². The second-order valence-electron chi connectivity index (χ2n) is 6.21. The SMILES string of the molecule is Cc1ccc(O)c(CN2CCC(C(=O)O)(C(C)C)C2)c1. The number of carboxylic acids is 1. The van der Waals surface area contributed by atoms with Gasteiger partial charge in [0.05, 0.1) is 5.41 Å². The average Bonchev–Trinajstić information content (AvgIpc) is 2.79. The number of hydrogen-bond acceptors (Lipinski definition) is 3. The Morgan fingerprint density at radius 2 is 2.15 bits per heavy atom. The first kappa shape index (κ1) is 14.9. The lowest BCUT2D eigenvalue weighted by atomic mass is 9.76. The fourth-order valence-electron chi connectivity index (χ4n) is 3.02. The van der Waals surface area contributed by atoms with E-state index in [1.165, 1.54) is 0 Å². The van der Waals surface area contributed by atoms with E-state index < -0.39 is 11.4 Å². The number of phenols is 1. The zero-order chi connectivity index (χ0) is 14.9. The van der Waals surface area contributed by atoms with Crippen LogP contribution in [0.2, 0.25) is 0 Å². The van der Waals surface area contributed by atoms with Crippen molar-refractivity contribution < 1.29 is 15.0 Å². The molecule has 4 nitrogen and oxygen atoms in total. The van der Waals surface area contributed by atoms with E-state index >= 15 is 0 Å². The molecule has 1 unspecified atom stereocenters. The van der Waals surface area contributed by atoms with Crippen molar-refractivity contribution in [1.29, 1.82) is 0 Å². The minimum atomic E-state index is -0.705. The van der Waals surface area contributed by atoms with E-state index in [1.54, 1.807) is 6.07 Å². The molecule has 0 aliphatic carbocycles. The maximum Gasteiger partial charge on any atom is 0.311 e. The summed E-state index contributed by atoms with van der Waals surface area (Å²) in [5.74, 6) is -0.312. The van der Waals surface area contributed by atoms with Crippen LogP contribution in [0.15, 0.2) is 18.2 Å². The first-order chi connectivity index (χ1) is 9.35. The van der Waals surface area contributed by atoms with E-state index in [2.05, 4.69) is 4.90 Å². The number of rotatable bonds is 4. The maximum atomic E-state index is 11.6. The second-order valence-corrected chi connectivity index (χ2v) is 6.21. The predicted octanol–water partition coefficient (Wildman–Crippen LogP) is 2.63. The van der Waals surface area contributed by atoms with E-state index in [1.807, 2.05) is 32.9 Å². The topological polar surface area (TPSA) is 60.8 Å². The highest BCUT2D eigenvalue weighted by molar-refractivity contribution is 5.75. The molecule has 0 saturated carbocycles. The van der Waals surface area contributed by atoms with Crippen molar-refractivity contribution in [2.24, 2.45) is 11.3 Å². The molecule has 2 rings (SSSR count). The van der Waals surface area contributed by atoms with Gasteiger partial charge in [0.25, 0.3) is 0 Å². The van der Waals surface area contributed by atoms with Crippen molar-refractivity contribution in [3.63, 3.8) is 0 Å². The van der Waals surface area contributed by atoms with Gasteiger partial charge in [0.15, 0.2) is 0 Å². The molecule has 0 radical (unpaired) electrons. The highest BCUT2D eigenvalue weighted by Gasteiger charge is 2.47. The molecule has 1 saturated heterocycles. The fourth-order valence-corrected chi connectivity index (χ4v) is 3.02. The van der Waals surface area contributed by atoms with Gasteiger partial charge in [-0.2, -0.15) is 0 Å². The third-order valence-electron chi connectivity index (χ3n) is 4.54. The zero-order valence-corrected chi connectivity index (χ0v) is 12.4. The lowest BCUT2D eigenvalue weighted by Gasteiger charge is -2.29. The number of carbonyl (C=O) groups is 1. The monoisotopic (exact) mass is 277 g/mol. The number of hydrogen-bond donors (Lipinski definition) is 2. The van der Waals surface area contributed by atoms with Crippen LogP contribution in [0.3, 0.4) is 0 Å². The summed E-state index contributed by atoms with van der Waals surface area (Å²) < 4.78 is 0. The molecular formula is C16H23NO3. The number of phenolic OH excluding ortho intramolecular Hbond substituents is 1. The van der Waals surface area contributed by atoms with Crippen LogP contribution in [0.1, 0.15) is 31.4 Å². The van der Waals surface area contributed by atoms with Gasteiger partial charge in [-0.15, -0.1) is 0 Å². The van der Waals surface area contributed by atoms with Gasteiger partial charge in [0.1, 0.15) is 5.75 Å². The molecule has 1 aliphatic heterocycles. The van der Waals surface area contributed by atoms with Crippen LogP contribution < -0.4 is 0 Å². The molecule has 1 aromatic rings. The van der Waals surface area contributed by atoms with Crippen LogP contribution in [0.5, 0.6) is 5.75 Å². The Morgan fingerprint density at radius 3 is 2.70 bits per heavy atom. The Kier molecular flexibility index (Phi) is 4.04. The molecule has 1 heterocycles. The summed E-state index contributed by atoms with van der Waals surface area (Å²) in [6.45, 7) is 7.85. The molecule has 1 fully saturated rings. The standard InChI is InChI=1S/C16H23NO3/c1-11(2)16(15(19)20)6-7-17(10-16)9-13-8-12(3)4-5-14(13)18/h4-5,8,11,18H,6-7,9-10H2,1-3H3,(H,19,20). The molecule has 0 amide bonds. The van der Waals surface area contributed by atoms with Gasteiger partial charge >= 0.3 is 5.97 Å². The van der Waals surface area contributed by atoms with E-state index in [9.17, 15) is 15.0 Å². The van der Waals surface area contributed by atoms with E-state index in [0.29, 0.717) is 19.5 Å². The third kappa shape index (κ3) is 2.66. The number of carboxylic acid groups (broad SMARTS) is 1. The minimum Gasteiger partial charge on any atom is -0.508 e. The third-order valence-corrected chi connectivity index (χ3v) is 4.54. The normalized spacial score (nSPS) is 23.4. The molecule has 110 valence electrons. The Balaban J connectivity index is 2.14. The number of aromatic hydroxyl groups is 1. The summed E-state index contributed by atoms with van der Waals surface area (Å²) in [4.78, 5) is 13.7. The number of likely N-dealkylation sites (tertiary alicyclic amines) is 1. The van der Waals surface area contributed by atoms with Crippen molar-refractivity contribution in [3.05, 3.63) is 29.3 Å². The summed E-state index contributed by atoms with van der Waals surface area (Å²) in [6.07, 6.45) is 0.673. The van der Waals surface area contributed by atoms with Crippen LogP contribution in [-0.2, 0) is 11.3 Å². The first-order valence-corrected chi connectivity index (χ1v) is 7.09. The van der Waals surface area contributed by atoms with E-state index in [-0.39, 0.29) is 11.7 Å². The first-order valence-electron chi connectivity index (χ1n) is 7.09. The van der Waals surface area contributed by atoms with Crippen LogP contribution in [0, 0.1) is 18.3 Å². The predicted molar refractivity (Wildman–Crippen MR) is 77.6 cm³/mol. The van der Waals surface area contributed by atoms with Gasteiger partial charge in [-0.1, -0.05) is 31.5 Å². The van der Waals surface area contributed by atoms with Gasteiger partial charge in [0, 0.05) is 18.7 Å². The largest absolute Gasteiger partial charge is 0.508 e. The number of benzene rings is 1. The number of nitrogens with zero attached hydrogens (tertiary/aromatic N) is 1. The molecule has 4 heteroatoms. The Labute approximate surface area is 120 Å².